The van der Waals surface area contributed by atoms with Gasteiger partial charge in [-0.05, 0) is 59.8 Å². The van der Waals surface area contributed by atoms with E-state index in [9.17, 15) is 26.9 Å². The highest BCUT2D eigenvalue weighted by Crippen LogP contribution is 2.31. The molecule has 2 N–H and O–H groups in total. The van der Waals surface area contributed by atoms with E-state index in [1.807, 2.05) is 0 Å². The first-order valence-corrected chi connectivity index (χ1v) is 10.1. The summed E-state index contributed by atoms with van der Waals surface area (Å²) in [7, 11) is -2.76. The number of sulfonamides is 1. The second kappa shape index (κ2) is 8.88. The molecule has 0 fully saturated rings. The number of amides is 1. The number of nitrogens with one attached hydrogen (secondary N) is 2. The Morgan fingerprint density at radius 2 is 1.68 bits per heavy atom. The molecule has 0 aliphatic heterocycles. The molecule has 0 aliphatic rings. The van der Waals surface area contributed by atoms with Gasteiger partial charge in [0.25, 0.3) is 15.9 Å². The van der Waals surface area contributed by atoms with E-state index in [0.29, 0.717) is 6.07 Å². The van der Waals surface area contributed by atoms with Gasteiger partial charge in [-0.25, -0.2) is 17.2 Å². The summed E-state index contributed by atoms with van der Waals surface area (Å²) in [5, 5.41) is 5.03. The van der Waals surface area contributed by atoms with Gasteiger partial charge in [0.15, 0.2) is 0 Å². The number of carbonyl (C=O) groups is 1. The average Bonchev–Trinajstić information content (AvgIpc) is 2.75. The number of hydrogen-bond donors (Lipinski definition) is 2. The zero-order valence-corrected chi connectivity index (χ0v) is 16.7. The Morgan fingerprint density at radius 3 is 2.29 bits per heavy atom. The third-order valence-electron chi connectivity index (χ3n) is 4.14. The third-order valence-corrected chi connectivity index (χ3v) is 5.52. The molecular weight excluding hydrogens is 432 g/mol. The van der Waals surface area contributed by atoms with Crippen LogP contribution in [-0.2, 0) is 10.0 Å². The van der Waals surface area contributed by atoms with Crippen LogP contribution in [0, 0.1) is 16.5 Å². The van der Waals surface area contributed by atoms with Crippen LogP contribution in [0.5, 0.6) is 5.75 Å². The van der Waals surface area contributed by atoms with Crippen LogP contribution in [0.2, 0.25) is 0 Å². The summed E-state index contributed by atoms with van der Waals surface area (Å²) in [4.78, 5) is 22.8. The van der Waals surface area contributed by atoms with Gasteiger partial charge in [0.05, 0.1) is 23.4 Å². The summed E-state index contributed by atoms with van der Waals surface area (Å²) in [6, 6.07) is 11.4. The molecule has 1 amide bonds. The minimum Gasteiger partial charge on any atom is -0.495 e. The number of nitrogens with zero attached hydrogens (tertiary/aromatic N) is 1. The first-order chi connectivity index (χ1) is 14.7. The molecule has 0 saturated heterocycles. The van der Waals surface area contributed by atoms with E-state index < -0.39 is 27.6 Å². The van der Waals surface area contributed by atoms with Crippen molar-refractivity contribution in [3.8, 4) is 5.75 Å². The fourth-order valence-electron chi connectivity index (χ4n) is 2.61. The van der Waals surface area contributed by atoms with Crippen LogP contribution < -0.4 is 14.8 Å². The van der Waals surface area contributed by atoms with Crippen molar-refractivity contribution in [2.75, 3.05) is 17.1 Å². The SMILES string of the molecule is COc1ccc(N=O)cc1NS(=O)(=O)c1ccc(C(=O)Nc2ccc(F)cc2F)cc1. The molecule has 3 rings (SSSR count). The van der Waals surface area contributed by atoms with Crippen LogP contribution in [0.25, 0.3) is 0 Å². The number of methoxy groups -OCH3 is 1. The Labute approximate surface area is 175 Å². The normalized spacial score (nSPS) is 10.9. The van der Waals surface area contributed by atoms with Gasteiger partial charge >= 0.3 is 0 Å². The molecule has 0 unspecified atom stereocenters. The largest absolute Gasteiger partial charge is 0.495 e. The van der Waals surface area contributed by atoms with Crippen molar-refractivity contribution in [2.24, 2.45) is 5.18 Å². The van der Waals surface area contributed by atoms with Crippen LogP contribution in [0.3, 0.4) is 0 Å². The number of nitroso groups, excluding NO2 is 1. The highest BCUT2D eigenvalue weighted by atomic mass is 32.2. The molecule has 3 aromatic carbocycles. The molecule has 0 saturated carbocycles. The summed E-state index contributed by atoms with van der Waals surface area (Å²) in [5.74, 6) is -2.27. The molecular formula is C20H15F2N3O5S. The maximum Gasteiger partial charge on any atom is 0.262 e. The molecule has 31 heavy (non-hydrogen) atoms. The summed E-state index contributed by atoms with van der Waals surface area (Å²) in [5.41, 5.74) is -0.167. The zero-order chi connectivity index (χ0) is 22.6. The van der Waals surface area contributed by atoms with Crippen molar-refractivity contribution in [3.63, 3.8) is 0 Å². The number of carbonyl (C=O) groups excluding carboxylic acids is 1. The van der Waals surface area contributed by atoms with Crippen LogP contribution in [0.4, 0.5) is 25.8 Å². The maximum absolute atomic E-state index is 13.7. The highest BCUT2D eigenvalue weighted by molar-refractivity contribution is 7.92. The standard InChI is InChI=1S/C20H15F2N3O5S/c1-30-19-9-5-14(24-27)11-18(19)25-31(28,29)15-6-2-12(3-7-15)20(26)23-17-8-4-13(21)10-16(17)22/h2-11,25H,1H3,(H,23,26). The van der Waals surface area contributed by atoms with Gasteiger partial charge in [-0.15, -0.1) is 4.91 Å². The molecule has 0 aromatic heterocycles. The lowest BCUT2D eigenvalue weighted by Gasteiger charge is -2.12. The van der Waals surface area contributed by atoms with Crippen molar-refractivity contribution < 1.29 is 26.7 Å². The minimum absolute atomic E-state index is 0.00135. The monoisotopic (exact) mass is 447 g/mol. The van der Waals surface area contributed by atoms with Gasteiger partial charge in [0, 0.05) is 11.6 Å². The average molecular weight is 447 g/mol. The topological polar surface area (TPSA) is 114 Å². The summed E-state index contributed by atoms with van der Waals surface area (Å²) >= 11 is 0. The number of anilines is 2. The molecule has 8 nitrogen and oxygen atoms in total. The molecule has 0 radical (unpaired) electrons. The molecule has 160 valence electrons. The Morgan fingerprint density at radius 1 is 0.968 bits per heavy atom. The zero-order valence-electron chi connectivity index (χ0n) is 15.9. The molecule has 0 aliphatic carbocycles. The van der Waals surface area contributed by atoms with Crippen molar-refractivity contribution in [3.05, 3.63) is 82.8 Å². The summed E-state index contributed by atoms with van der Waals surface area (Å²) < 4.78 is 59.3. The smallest absolute Gasteiger partial charge is 0.262 e. The molecule has 11 heteroatoms. The second-order valence-electron chi connectivity index (χ2n) is 6.18. The number of hydrogen-bond acceptors (Lipinski definition) is 6. The second-order valence-corrected chi connectivity index (χ2v) is 7.87. The van der Waals surface area contributed by atoms with Crippen molar-refractivity contribution in [1.29, 1.82) is 0 Å². The van der Waals surface area contributed by atoms with E-state index in [-0.39, 0.29) is 33.3 Å². The van der Waals surface area contributed by atoms with Crippen molar-refractivity contribution in [1.82, 2.24) is 0 Å². The van der Waals surface area contributed by atoms with Gasteiger partial charge < -0.3 is 10.1 Å². The lowest BCUT2D eigenvalue weighted by atomic mass is 10.2. The molecule has 0 atom stereocenters. The lowest BCUT2D eigenvalue weighted by Crippen LogP contribution is -2.15. The quantitative estimate of drug-likeness (QED) is 0.521. The van der Waals surface area contributed by atoms with E-state index >= 15 is 0 Å². The van der Waals surface area contributed by atoms with E-state index in [4.69, 9.17) is 4.74 Å². The van der Waals surface area contributed by atoms with Crippen LogP contribution in [0.15, 0.2) is 70.7 Å². The van der Waals surface area contributed by atoms with Crippen LogP contribution >= 0.6 is 0 Å². The first-order valence-electron chi connectivity index (χ1n) is 8.64. The molecule has 0 bridgehead atoms. The lowest BCUT2D eigenvalue weighted by molar-refractivity contribution is 0.102. The third kappa shape index (κ3) is 5.01. The molecule has 0 heterocycles. The van der Waals surface area contributed by atoms with Gasteiger partial charge in [-0.3, -0.25) is 9.52 Å². The Kier molecular flexibility index (Phi) is 6.25. The first kappa shape index (κ1) is 21.8. The van der Waals surface area contributed by atoms with E-state index in [0.717, 1.165) is 12.1 Å². The molecule has 3 aromatic rings. The Bertz CT molecular complexity index is 1250. The van der Waals surface area contributed by atoms with E-state index in [1.165, 1.54) is 49.6 Å². The van der Waals surface area contributed by atoms with Gasteiger partial charge in [-0.2, -0.15) is 0 Å². The molecule has 0 spiro atoms. The number of benzene rings is 3. The van der Waals surface area contributed by atoms with Crippen LogP contribution in [-0.4, -0.2) is 21.4 Å². The van der Waals surface area contributed by atoms with Gasteiger partial charge in [0.1, 0.15) is 23.1 Å². The highest BCUT2D eigenvalue weighted by Gasteiger charge is 2.18. The number of rotatable bonds is 7. The van der Waals surface area contributed by atoms with Gasteiger partial charge in [0.2, 0.25) is 0 Å². The number of halogens is 2. The predicted octanol–water partition coefficient (Wildman–Crippen LogP) is 4.42. The van der Waals surface area contributed by atoms with E-state index in [1.54, 1.807) is 0 Å². The minimum atomic E-state index is -4.09. The van der Waals surface area contributed by atoms with Crippen LogP contribution in [0.1, 0.15) is 10.4 Å². The predicted molar refractivity (Wildman–Crippen MR) is 110 cm³/mol. The summed E-state index contributed by atoms with van der Waals surface area (Å²) in [6.45, 7) is 0. The maximum atomic E-state index is 13.7. The van der Waals surface area contributed by atoms with Gasteiger partial charge in [-0.1, -0.05) is 0 Å². The summed E-state index contributed by atoms with van der Waals surface area (Å²) in [6.07, 6.45) is 0. The Balaban J connectivity index is 1.80. The fraction of sp³-hybridized carbons (Fsp3) is 0.0500. The Hall–Kier alpha value is -3.86. The van der Waals surface area contributed by atoms with Crippen molar-refractivity contribution in [2.45, 2.75) is 4.90 Å². The fourth-order valence-corrected chi connectivity index (χ4v) is 3.67. The van der Waals surface area contributed by atoms with E-state index in [2.05, 4.69) is 15.2 Å². The van der Waals surface area contributed by atoms with Crippen molar-refractivity contribution >= 4 is 33.0 Å². The number of ether oxygens (including phenoxy) is 1.